The minimum absolute atomic E-state index is 0.00468. The van der Waals surface area contributed by atoms with Crippen LogP contribution in [0.1, 0.15) is 22.5 Å². The van der Waals surface area contributed by atoms with E-state index >= 15 is 0 Å². The molecule has 6 rings (SSSR count). The van der Waals surface area contributed by atoms with Crippen LogP contribution >= 0.6 is 11.6 Å². The lowest BCUT2D eigenvalue weighted by atomic mass is 9.93. The molecule has 0 atom stereocenters. The van der Waals surface area contributed by atoms with Gasteiger partial charge >= 0.3 is 0 Å². The van der Waals surface area contributed by atoms with Crippen LogP contribution in [0.25, 0.3) is 22.6 Å². The van der Waals surface area contributed by atoms with Crippen molar-refractivity contribution in [2.24, 2.45) is 5.16 Å². The van der Waals surface area contributed by atoms with Crippen molar-refractivity contribution in [1.29, 1.82) is 0 Å². The van der Waals surface area contributed by atoms with Gasteiger partial charge in [-0.3, -0.25) is 4.98 Å². The summed E-state index contributed by atoms with van der Waals surface area (Å²) in [6, 6.07) is 24.4. The van der Waals surface area contributed by atoms with Crippen LogP contribution in [0, 0.1) is 5.82 Å². The van der Waals surface area contributed by atoms with E-state index in [0.29, 0.717) is 55.5 Å². The summed E-state index contributed by atoms with van der Waals surface area (Å²) in [5, 5.41) is 14.7. The van der Waals surface area contributed by atoms with E-state index in [1.807, 2.05) is 24.3 Å². The van der Waals surface area contributed by atoms with Gasteiger partial charge in [-0.2, -0.15) is 0 Å². The number of para-hydroxylation sites is 1. The summed E-state index contributed by atoms with van der Waals surface area (Å²) in [4.78, 5) is 13.2. The molecule has 7 nitrogen and oxygen atoms in total. The van der Waals surface area contributed by atoms with Crippen molar-refractivity contribution in [3.05, 3.63) is 142 Å². The first-order valence-corrected chi connectivity index (χ1v) is 12.6. The largest absolute Gasteiger partial charge is 0.488 e. The third-order valence-corrected chi connectivity index (χ3v) is 6.52. The molecule has 3 aromatic carbocycles. The summed E-state index contributed by atoms with van der Waals surface area (Å²) in [5.74, 6) is 0.683. The van der Waals surface area contributed by atoms with Crippen LogP contribution < -0.4 is 4.74 Å². The van der Waals surface area contributed by atoms with Gasteiger partial charge in [0.25, 0.3) is 0 Å². The highest BCUT2D eigenvalue weighted by molar-refractivity contribution is 6.31. The van der Waals surface area contributed by atoms with E-state index in [1.165, 1.54) is 12.4 Å². The van der Waals surface area contributed by atoms with Gasteiger partial charge in [0.05, 0.1) is 22.5 Å². The topological polar surface area (TPSA) is 89.7 Å². The lowest BCUT2D eigenvalue weighted by Crippen LogP contribution is -2.25. The normalized spacial score (nSPS) is 16.1. The van der Waals surface area contributed by atoms with Gasteiger partial charge in [-0.25, -0.2) is 14.4 Å². The molecule has 0 unspecified atom stereocenters. The maximum atomic E-state index is 14.3. The average molecular weight is 551 g/mol. The Bertz CT molecular complexity index is 1820. The van der Waals surface area contributed by atoms with E-state index in [0.717, 1.165) is 0 Å². The molecular formula is C31H20ClFN4O3. The monoisotopic (exact) mass is 550 g/mol. The molecular weight excluding hydrogens is 531 g/mol. The predicted molar refractivity (Wildman–Crippen MR) is 150 cm³/mol. The molecule has 1 fully saturated rings. The number of hydrogen-bond acceptors (Lipinski definition) is 7. The zero-order chi connectivity index (χ0) is 27.5. The molecule has 0 spiro atoms. The van der Waals surface area contributed by atoms with Crippen molar-refractivity contribution in [1.82, 2.24) is 15.0 Å². The minimum Gasteiger partial charge on any atom is -0.488 e. The first-order chi connectivity index (χ1) is 19.6. The van der Waals surface area contributed by atoms with Gasteiger partial charge in [0.2, 0.25) is 0 Å². The zero-order valence-electron chi connectivity index (χ0n) is 20.8. The van der Waals surface area contributed by atoms with Crippen molar-refractivity contribution in [2.75, 3.05) is 0 Å². The van der Waals surface area contributed by atoms with E-state index in [4.69, 9.17) is 21.1 Å². The summed E-state index contributed by atoms with van der Waals surface area (Å²) < 4.78 is 26.6. The number of benzene rings is 3. The van der Waals surface area contributed by atoms with Crippen LogP contribution in [-0.2, 0) is 11.3 Å². The summed E-state index contributed by atoms with van der Waals surface area (Å²) in [5.41, 5.74) is 3.47. The van der Waals surface area contributed by atoms with Crippen LogP contribution in [0.4, 0.5) is 4.39 Å². The molecule has 0 bridgehead atoms. The second-order valence-electron chi connectivity index (χ2n) is 8.78. The molecule has 5 aromatic rings. The molecule has 0 amide bonds. The number of fused-ring (bicyclic) bond motifs is 1. The molecule has 1 N–H and O–H groups in total. The van der Waals surface area contributed by atoms with Crippen molar-refractivity contribution in [3.63, 3.8) is 0 Å². The second-order valence-corrected chi connectivity index (χ2v) is 9.21. The fourth-order valence-corrected chi connectivity index (χ4v) is 4.56. The summed E-state index contributed by atoms with van der Waals surface area (Å²) in [6.45, 7) is -0.00468. The maximum absolute atomic E-state index is 14.3. The summed E-state index contributed by atoms with van der Waals surface area (Å²) >= 11 is 6.36. The summed E-state index contributed by atoms with van der Waals surface area (Å²) in [7, 11) is 0. The first-order valence-electron chi connectivity index (χ1n) is 12.3. The van der Waals surface area contributed by atoms with Gasteiger partial charge in [-0.1, -0.05) is 59.2 Å². The lowest BCUT2D eigenvalue weighted by molar-refractivity contribution is 0.275. The number of ether oxygens (including phenoxy) is 2. The highest BCUT2D eigenvalue weighted by atomic mass is 35.5. The number of oxime groups is 1. The first kappa shape index (κ1) is 25.2. The van der Waals surface area contributed by atoms with E-state index in [1.54, 1.807) is 66.9 Å². The highest BCUT2D eigenvalue weighted by Crippen LogP contribution is 2.42. The van der Waals surface area contributed by atoms with E-state index < -0.39 is 0 Å². The van der Waals surface area contributed by atoms with Gasteiger partial charge in [0.1, 0.15) is 24.5 Å². The average Bonchev–Trinajstić information content (AvgIpc) is 2.97. The van der Waals surface area contributed by atoms with Crippen molar-refractivity contribution < 1.29 is 19.1 Å². The smallest absolute Gasteiger partial charge is 0.188 e. The standard InChI is InChI=1S/C31H20ClFN4O3/c32-20-12-13-25-23(15-20)29(36-18-35-25)28(31-30(37-38)27(40-31)16-21-8-5-6-14-34-21)22-9-2-4-11-26(22)39-17-19-7-1-3-10-24(19)33/h1-16,18,38H,17H2/b27-16-,31-28-,37-30+. The summed E-state index contributed by atoms with van der Waals surface area (Å²) in [6.07, 6.45) is 4.77. The zero-order valence-corrected chi connectivity index (χ0v) is 21.6. The molecule has 0 radical (unpaired) electrons. The Morgan fingerprint density at radius 2 is 1.80 bits per heavy atom. The molecule has 1 aliphatic rings. The Balaban J connectivity index is 1.52. The molecule has 196 valence electrons. The number of halogens is 2. The third kappa shape index (κ3) is 4.88. The quantitative estimate of drug-likeness (QED) is 0.180. The SMILES string of the molecule is O/N=C1C(=C\c2ccccn2)\OC\1=C(\c1ccccc1OCc1ccccc1F)c1ncnc2ccc(Cl)cc12. The van der Waals surface area contributed by atoms with E-state index in [9.17, 15) is 9.60 Å². The molecule has 0 aliphatic carbocycles. The Morgan fingerprint density at radius 3 is 2.62 bits per heavy atom. The Kier molecular flexibility index (Phi) is 6.91. The van der Waals surface area contributed by atoms with Crippen LogP contribution in [0.3, 0.4) is 0 Å². The fraction of sp³-hybridized carbons (Fsp3) is 0.0323. The molecule has 3 heterocycles. The lowest BCUT2D eigenvalue weighted by Gasteiger charge is -2.28. The number of pyridine rings is 1. The molecule has 0 saturated carbocycles. The maximum Gasteiger partial charge on any atom is 0.188 e. The molecule has 1 saturated heterocycles. The van der Waals surface area contributed by atoms with Crippen molar-refractivity contribution in [3.8, 4) is 5.75 Å². The van der Waals surface area contributed by atoms with Crippen LogP contribution in [0.15, 0.2) is 114 Å². The minimum atomic E-state index is -0.365. The van der Waals surface area contributed by atoms with Crippen LogP contribution in [0.5, 0.6) is 5.75 Å². The Labute approximate surface area is 233 Å². The predicted octanol–water partition coefficient (Wildman–Crippen LogP) is 7.06. The van der Waals surface area contributed by atoms with E-state index in [-0.39, 0.29) is 23.9 Å². The van der Waals surface area contributed by atoms with Gasteiger partial charge in [-0.15, -0.1) is 0 Å². The van der Waals surface area contributed by atoms with Crippen LogP contribution in [-0.4, -0.2) is 25.9 Å². The Hall–Kier alpha value is -5.08. The van der Waals surface area contributed by atoms with E-state index in [2.05, 4.69) is 20.1 Å². The highest BCUT2D eigenvalue weighted by Gasteiger charge is 2.36. The van der Waals surface area contributed by atoms with Gasteiger partial charge in [-0.05, 0) is 42.5 Å². The Morgan fingerprint density at radius 1 is 0.975 bits per heavy atom. The van der Waals surface area contributed by atoms with Crippen molar-refractivity contribution >= 4 is 39.9 Å². The third-order valence-electron chi connectivity index (χ3n) is 6.29. The molecule has 9 heteroatoms. The van der Waals surface area contributed by atoms with Gasteiger partial charge in [0, 0.05) is 33.8 Å². The molecule has 1 aliphatic heterocycles. The second kappa shape index (κ2) is 11.0. The fourth-order valence-electron chi connectivity index (χ4n) is 4.39. The van der Waals surface area contributed by atoms with Gasteiger partial charge in [0.15, 0.2) is 17.2 Å². The number of hydrogen-bond donors (Lipinski definition) is 1. The number of nitrogens with zero attached hydrogens (tertiary/aromatic N) is 4. The van der Waals surface area contributed by atoms with Crippen LogP contribution in [0.2, 0.25) is 5.02 Å². The molecule has 40 heavy (non-hydrogen) atoms. The molecule has 2 aromatic heterocycles. The number of rotatable bonds is 6. The van der Waals surface area contributed by atoms with Gasteiger partial charge < -0.3 is 14.7 Å². The van der Waals surface area contributed by atoms with Crippen molar-refractivity contribution in [2.45, 2.75) is 6.61 Å². The number of aromatic nitrogens is 3.